The van der Waals surface area contributed by atoms with Gasteiger partial charge in [-0.3, -0.25) is 9.59 Å². The fraction of sp³-hybridized carbons (Fsp3) is 0.158. The third kappa shape index (κ3) is 3.80. The highest BCUT2D eigenvalue weighted by atomic mass is 16.5. The maximum atomic E-state index is 12.2. The van der Waals surface area contributed by atoms with E-state index in [0.29, 0.717) is 11.1 Å². The van der Waals surface area contributed by atoms with Crippen molar-refractivity contribution in [2.75, 3.05) is 24.3 Å². The number of hydrogen-bond donors (Lipinski definition) is 2. The minimum atomic E-state index is -0.175. The lowest BCUT2D eigenvalue weighted by atomic mass is 10.1. The summed E-state index contributed by atoms with van der Waals surface area (Å²) in [5.41, 5.74) is 1.35. The van der Waals surface area contributed by atoms with Gasteiger partial charge in [0, 0.05) is 30.0 Å². The summed E-state index contributed by atoms with van der Waals surface area (Å²) >= 11 is 0. The standard InChI is InChI=1S/C19H19N3O3/c1-22-10-9-13-3-4-15(11-17(13)19(22)24)20-12-18(23)21-14-5-7-16(25-2)8-6-14/h3-11,20H,12H2,1-2H3,(H,21,23). The van der Waals surface area contributed by atoms with E-state index in [2.05, 4.69) is 10.6 Å². The van der Waals surface area contributed by atoms with Crippen LogP contribution in [0, 0.1) is 0 Å². The van der Waals surface area contributed by atoms with E-state index in [-0.39, 0.29) is 18.0 Å². The van der Waals surface area contributed by atoms with E-state index in [1.165, 1.54) is 4.57 Å². The molecule has 1 aromatic heterocycles. The van der Waals surface area contributed by atoms with Gasteiger partial charge in [0.05, 0.1) is 13.7 Å². The molecule has 0 radical (unpaired) electrons. The van der Waals surface area contributed by atoms with E-state index in [1.54, 1.807) is 50.7 Å². The van der Waals surface area contributed by atoms with Crippen LogP contribution >= 0.6 is 0 Å². The lowest BCUT2D eigenvalue weighted by Gasteiger charge is -2.09. The lowest BCUT2D eigenvalue weighted by molar-refractivity contribution is -0.114. The van der Waals surface area contributed by atoms with E-state index in [1.807, 2.05) is 18.2 Å². The highest BCUT2D eigenvalue weighted by molar-refractivity contribution is 5.94. The van der Waals surface area contributed by atoms with Gasteiger partial charge in [-0.1, -0.05) is 6.07 Å². The number of nitrogens with zero attached hydrogens (tertiary/aromatic N) is 1. The van der Waals surface area contributed by atoms with Crippen LogP contribution in [0.5, 0.6) is 5.75 Å². The molecule has 1 heterocycles. The lowest BCUT2D eigenvalue weighted by Crippen LogP contribution is -2.22. The number of amides is 1. The van der Waals surface area contributed by atoms with Gasteiger partial charge in [0.1, 0.15) is 5.75 Å². The molecule has 2 N–H and O–H groups in total. The van der Waals surface area contributed by atoms with Crippen LogP contribution in [-0.2, 0) is 11.8 Å². The Kier molecular flexibility index (Phi) is 4.70. The summed E-state index contributed by atoms with van der Waals surface area (Å²) in [6, 6.07) is 14.5. The molecular formula is C19H19N3O3. The molecule has 0 saturated heterocycles. The van der Waals surface area contributed by atoms with Crippen molar-refractivity contribution < 1.29 is 9.53 Å². The minimum Gasteiger partial charge on any atom is -0.497 e. The number of nitrogens with one attached hydrogen (secondary N) is 2. The Morgan fingerprint density at radius 1 is 1.08 bits per heavy atom. The fourth-order valence-electron chi connectivity index (χ4n) is 2.51. The summed E-state index contributed by atoms with van der Waals surface area (Å²) in [5.74, 6) is 0.556. The molecule has 0 aliphatic carbocycles. The van der Waals surface area contributed by atoms with Crippen LogP contribution in [0.3, 0.4) is 0 Å². The number of aryl methyl sites for hydroxylation is 1. The Balaban J connectivity index is 1.66. The molecule has 0 aliphatic heterocycles. The second-order valence-electron chi connectivity index (χ2n) is 5.66. The smallest absolute Gasteiger partial charge is 0.258 e. The van der Waals surface area contributed by atoms with E-state index >= 15 is 0 Å². The van der Waals surface area contributed by atoms with Crippen LogP contribution in [0.15, 0.2) is 59.5 Å². The van der Waals surface area contributed by atoms with Crippen molar-refractivity contribution in [3.05, 3.63) is 65.1 Å². The number of hydrogen-bond acceptors (Lipinski definition) is 4. The second kappa shape index (κ2) is 7.09. The molecule has 0 unspecified atom stereocenters. The molecule has 0 bridgehead atoms. The molecule has 6 heteroatoms. The topological polar surface area (TPSA) is 72.4 Å². The average Bonchev–Trinajstić information content (AvgIpc) is 2.64. The number of carbonyl (C=O) groups excluding carboxylic acids is 1. The maximum Gasteiger partial charge on any atom is 0.258 e. The maximum absolute atomic E-state index is 12.2. The van der Waals surface area contributed by atoms with Gasteiger partial charge in [0.2, 0.25) is 5.91 Å². The molecule has 0 spiro atoms. The molecule has 3 aromatic rings. The quantitative estimate of drug-likeness (QED) is 0.751. The summed E-state index contributed by atoms with van der Waals surface area (Å²) in [6.07, 6.45) is 1.74. The van der Waals surface area contributed by atoms with Crippen LogP contribution in [0.2, 0.25) is 0 Å². The number of methoxy groups -OCH3 is 1. The zero-order valence-corrected chi connectivity index (χ0v) is 14.1. The number of fused-ring (bicyclic) bond motifs is 1. The largest absolute Gasteiger partial charge is 0.497 e. The van der Waals surface area contributed by atoms with Gasteiger partial charge in [-0.15, -0.1) is 0 Å². The van der Waals surface area contributed by atoms with Gasteiger partial charge in [0.25, 0.3) is 5.56 Å². The molecule has 25 heavy (non-hydrogen) atoms. The van der Waals surface area contributed by atoms with Crippen molar-refractivity contribution in [1.82, 2.24) is 4.57 Å². The Bertz CT molecular complexity index is 962. The molecule has 0 fully saturated rings. The number of rotatable bonds is 5. The van der Waals surface area contributed by atoms with Crippen molar-refractivity contribution in [3.8, 4) is 5.75 Å². The van der Waals surface area contributed by atoms with E-state index in [9.17, 15) is 9.59 Å². The first kappa shape index (κ1) is 16.6. The van der Waals surface area contributed by atoms with Crippen LogP contribution < -0.4 is 20.9 Å². The number of benzene rings is 2. The molecule has 0 saturated carbocycles. The van der Waals surface area contributed by atoms with Gasteiger partial charge in [0.15, 0.2) is 0 Å². The van der Waals surface area contributed by atoms with Gasteiger partial charge in [-0.25, -0.2) is 0 Å². The van der Waals surface area contributed by atoms with Gasteiger partial charge < -0.3 is 19.9 Å². The Labute approximate surface area is 145 Å². The summed E-state index contributed by atoms with van der Waals surface area (Å²) in [4.78, 5) is 24.2. The minimum absolute atomic E-state index is 0.0659. The normalized spacial score (nSPS) is 10.5. The molecular weight excluding hydrogens is 318 g/mol. The predicted octanol–water partition coefficient (Wildman–Crippen LogP) is 2.60. The highest BCUT2D eigenvalue weighted by Crippen LogP contribution is 2.17. The number of pyridine rings is 1. The van der Waals surface area contributed by atoms with Crippen molar-refractivity contribution >= 4 is 28.1 Å². The summed E-state index contributed by atoms with van der Waals surface area (Å²) < 4.78 is 6.61. The van der Waals surface area contributed by atoms with Gasteiger partial charge in [-0.05, 0) is 47.9 Å². The van der Waals surface area contributed by atoms with Crippen molar-refractivity contribution in [3.63, 3.8) is 0 Å². The third-order valence-corrected chi connectivity index (χ3v) is 3.91. The molecule has 6 nitrogen and oxygen atoms in total. The molecule has 0 atom stereocenters. The average molecular weight is 337 g/mol. The molecule has 2 aromatic carbocycles. The number of anilines is 2. The first-order valence-electron chi connectivity index (χ1n) is 7.84. The Morgan fingerprint density at radius 2 is 1.80 bits per heavy atom. The SMILES string of the molecule is COc1ccc(NC(=O)CNc2ccc3ccn(C)c(=O)c3c2)cc1. The van der Waals surface area contributed by atoms with Crippen LogP contribution in [0.25, 0.3) is 10.8 Å². The number of carbonyl (C=O) groups is 1. The zero-order valence-electron chi connectivity index (χ0n) is 14.1. The fourth-order valence-corrected chi connectivity index (χ4v) is 2.51. The zero-order chi connectivity index (χ0) is 17.8. The molecule has 3 rings (SSSR count). The van der Waals surface area contributed by atoms with Crippen molar-refractivity contribution in [1.29, 1.82) is 0 Å². The van der Waals surface area contributed by atoms with E-state index < -0.39 is 0 Å². The van der Waals surface area contributed by atoms with Gasteiger partial charge in [-0.2, -0.15) is 0 Å². The second-order valence-corrected chi connectivity index (χ2v) is 5.66. The van der Waals surface area contributed by atoms with Crippen LogP contribution in [-0.4, -0.2) is 24.1 Å². The third-order valence-electron chi connectivity index (χ3n) is 3.91. The molecule has 0 aliphatic rings. The Hall–Kier alpha value is -3.28. The predicted molar refractivity (Wildman–Crippen MR) is 99.3 cm³/mol. The number of aromatic nitrogens is 1. The van der Waals surface area contributed by atoms with Crippen molar-refractivity contribution in [2.45, 2.75) is 0 Å². The van der Waals surface area contributed by atoms with Gasteiger partial charge >= 0.3 is 0 Å². The first-order valence-corrected chi connectivity index (χ1v) is 7.84. The summed E-state index contributed by atoms with van der Waals surface area (Å²) in [6.45, 7) is 0.102. The Morgan fingerprint density at radius 3 is 2.52 bits per heavy atom. The number of ether oxygens (including phenoxy) is 1. The highest BCUT2D eigenvalue weighted by Gasteiger charge is 2.05. The monoisotopic (exact) mass is 337 g/mol. The van der Waals surface area contributed by atoms with Crippen LogP contribution in [0.4, 0.5) is 11.4 Å². The van der Waals surface area contributed by atoms with E-state index in [0.717, 1.165) is 16.8 Å². The molecule has 1 amide bonds. The first-order chi connectivity index (χ1) is 12.1. The summed E-state index contributed by atoms with van der Waals surface area (Å²) in [7, 11) is 3.30. The van der Waals surface area contributed by atoms with E-state index in [4.69, 9.17) is 4.74 Å². The van der Waals surface area contributed by atoms with Crippen LogP contribution in [0.1, 0.15) is 0 Å². The molecule has 128 valence electrons. The van der Waals surface area contributed by atoms with Crippen molar-refractivity contribution in [2.24, 2.45) is 7.05 Å². The summed E-state index contributed by atoms with van der Waals surface area (Å²) in [5, 5.41) is 7.33.